The van der Waals surface area contributed by atoms with Crippen LogP contribution < -0.4 is 19.5 Å². The van der Waals surface area contributed by atoms with Crippen LogP contribution in [0.5, 0.6) is 17.2 Å². The largest absolute Gasteiger partial charge is 0.493 e. The minimum absolute atomic E-state index is 0.0306. The summed E-state index contributed by atoms with van der Waals surface area (Å²) in [5, 5.41) is 14.7. The highest BCUT2D eigenvalue weighted by Crippen LogP contribution is 2.40. The van der Waals surface area contributed by atoms with Crippen LogP contribution >= 0.6 is 0 Å². The molecule has 9 heteroatoms. The third-order valence-electron chi connectivity index (χ3n) is 5.70. The van der Waals surface area contributed by atoms with Gasteiger partial charge >= 0.3 is 0 Å². The van der Waals surface area contributed by atoms with E-state index in [4.69, 9.17) is 14.6 Å². The van der Waals surface area contributed by atoms with E-state index in [2.05, 4.69) is 12.6 Å². The van der Waals surface area contributed by atoms with E-state index >= 15 is 0 Å². The molecule has 0 amide bonds. The van der Waals surface area contributed by atoms with E-state index in [0.717, 1.165) is 16.9 Å². The molecule has 34 heavy (non-hydrogen) atoms. The van der Waals surface area contributed by atoms with Crippen LogP contribution in [0.25, 0.3) is 0 Å². The third kappa shape index (κ3) is 4.59. The van der Waals surface area contributed by atoms with E-state index in [9.17, 15) is 18.1 Å². The molecule has 0 aromatic heterocycles. The van der Waals surface area contributed by atoms with Crippen LogP contribution in [0.1, 0.15) is 23.5 Å². The molecule has 1 heterocycles. The Balaban J connectivity index is 1.61. The average Bonchev–Trinajstić information content (AvgIpc) is 3.21. The Morgan fingerprint density at radius 1 is 1.15 bits per heavy atom. The first-order valence-electron chi connectivity index (χ1n) is 10.3. The summed E-state index contributed by atoms with van der Waals surface area (Å²) in [6.45, 7) is 4.74. The number of benzene rings is 3. The van der Waals surface area contributed by atoms with E-state index in [1.165, 1.54) is 31.4 Å². The second-order valence-corrected chi connectivity index (χ2v) is 9.42. The molecular weight excluding hydrogens is 457 g/mol. The van der Waals surface area contributed by atoms with Crippen molar-refractivity contribution in [2.24, 2.45) is 5.14 Å². The number of halogens is 1. The highest BCUT2D eigenvalue weighted by Gasteiger charge is 2.28. The van der Waals surface area contributed by atoms with Gasteiger partial charge in [0.2, 0.25) is 15.8 Å². The Hall–Kier alpha value is -3.87. The standard InChI is InChI=1S/C25H22FN3O4S/c1-16-12-19(15-29(16)20-8-10-21(11-9-20)34(28,30)31)17-6-7-18(14-27)24(13-17)33-25-22(26)4-3-5-23(25)32-2/h3-11,13,19H,1,12,15H2,2H3,(H2,28,30,31)/t19-/m0/s1. The van der Waals surface area contributed by atoms with Gasteiger partial charge in [0, 0.05) is 23.8 Å². The van der Waals surface area contributed by atoms with Gasteiger partial charge in [-0.25, -0.2) is 17.9 Å². The third-order valence-corrected chi connectivity index (χ3v) is 6.63. The summed E-state index contributed by atoms with van der Waals surface area (Å²) in [7, 11) is -2.36. The zero-order chi connectivity index (χ0) is 24.5. The highest BCUT2D eigenvalue weighted by atomic mass is 32.2. The Morgan fingerprint density at radius 2 is 1.88 bits per heavy atom. The first kappa shape index (κ1) is 23.3. The van der Waals surface area contributed by atoms with E-state index in [-0.39, 0.29) is 33.6 Å². The molecule has 1 aliphatic rings. The fourth-order valence-electron chi connectivity index (χ4n) is 3.96. The molecule has 3 aromatic rings. The highest BCUT2D eigenvalue weighted by molar-refractivity contribution is 7.89. The Kier molecular flexibility index (Phi) is 6.28. The molecule has 2 N–H and O–H groups in total. The zero-order valence-corrected chi connectivity index (χ0v) is 19.2. The molecule has 3 aromatic carbocycles. The molecule has 0 bridgehead atoms. The van der Waals surface area contributed by atoms with Gasteiger partial charge in [0.15, 0.2) is 11.6 Å². The SMILES string of the molecule is C=C1C[C@H](c2ccc(C#N)c(Oc3c(F)cccc3OC)c2)CN1c1ccc(S(N)(=O)=O)cc1. The van der Waals surface area contributed by atoms with Crippen molar-refractivity contribution >= 4 is 15.7 Å². The molecule has 1 saturated heterocycles. The number of methoxy groups -OCH3 is 1. The molecule has 0 saturated carbocycles. The van der Waals surface area contributed by atoms with Crippen LogP contribution in [0.4, 0.5) is 10.1 Å². The summed E-state index contributed by atoms with van der Waals surface area (Å²) < 4.78 is 48.5. The number of hydrogen-bond acceptors (Lipinski definition) is 6. The summed E-state index contributed by atoms with van der Waals surface area (Å²) in [5.41, 5.74) is 2.81. The first-order valence-corrected chi connectivity index (χ1v) is 11.9. The molecule has 1 aliphatic heterocycles. The number of rotatable bonds is 6. The van der Waals surface area contributed by atoms with Crippen molar-refractivity contribution in [3.05, 3.63) is 89.9 Å². The molecule has 0 unspecified atom stereocenters. The summed E-state index contributed by atoms with van der Waals surface area (Å²) in [5.74, 6) is -0.214. The molecule has 0 radical (unpaired) electrons. The predicted octanol–water partition coefficient (Wildman–Crippen LogP) is 4.65. The second kappa shape index (κ2) is 9.17. The number of primary sulfonamides is 1. The van der Waals surface area contributed by atoms with Crippen molar-refractivity contribution in [2.45, 2.75) is 17.2 Å². The van der Waals surface area contributed by atoms with Gasteiger partial charge in [-0.2, -0.15) is 5.26 Å². The van der Waals surface area contributed by atoms with Gasteiger partial charge in [0.1, 0.15) is 11.8 Å². The van der Waals surface area contributed by atoms with Crippen molar-refractivity contribution in [1.29, 1.82) is 5.26 Å². The van der Waals surface area contributed by atoms with E-state index in [1.807, 2.05) is 11.0 Å². The summed E-state index contributed by atoms with van der Waals surface area (Å²) in [6.07, 6.45) is 0.644. The molecule has 0 spiro atoms. The number of sulfonamides is 1. The van der Waals surface area contributed by atoms with E-state index in [1.54, 1.807) is 30.3 Å². The van der Waals surface area contributed by atoms with Crippen molar-refractivity contribution in [1.82, 2.24) is 0 Å². The fraction of sp³-hybridized carbons (Fsp3) is 0.160. The normalized spacial score (nSPS) is 15.8. The maximum atomic E-state index is 14.4. The Morgan fingerprint density at radius 3 is 2.53 bits per heavy atom. The smallest absolute Gasteiger partial charge is 0.238 e. The number of ether oxygens (including phenoxy) is 2. The quantitative estimate of drug-likeness (QED) is 0.552. The lowest BCUT2D eigenvalue weighted by Crippen LogP contribution is -2.18. The van der Waals surface area contributed by atoms with Gasteiger partial charge in [0.05, 0.1) is 17.6 Å². The molecular formula is C25H22FN3O4S. The van der Waals surface area contributed by atoms with Crippen molar-refractivity contribution < 1.29 is 22.3 Å². The van der Waals surface area contributed by atoms with Crippen LogP contribution in [0.15, 0.2) is 77.8 Å². The molecule has 1 atom stereocenters. The van der Waals surface area contributed by atoms with Crippen LogP contribution in [0.2, 0.25) is 0 Å². The predicted molar refractivity (Wildman–Crippen MR) is 126 cm³/mol. The molecule has 4 rings (SSSR count). The maximum Gasteiger partial charge on any atom is 0.238 e. The van der Waals surface area contributed by atoms with Crippen molar-refractivity contribution in [3.8, 4) is 23.3 Å². The first-order chi connectivity index (χ1) is 16.2. The minimum Gasteiger partial charge on any atom is -0.493 e. The number of hydrogen-bond donors (Lipinski definition) is 1. The Labute approximate surface area is 197 Å². The lowest BCUT2D eigenvalue weighted by Gasteiger charge is -2.20. The molecule has 7 nitrogen and oxygen atoms in total. The maximum absolute atomic E-state index is 14.4. The van der Waals surface area contributed by atoms with Gasteiger partial charge in [-0.15, -0.1) is 0 Å². The van der Waals surface area contributed by atoms with Gasteiger partial charge in [0.25, 0.3) is 0 Å². The van der Waals surface area contributed by atoms with Gasteiger partial charge < -0.3 is 14.4 Å². The van der Waals surface area contributed by atoms with Gasteiger partial charge in [-0.3, -0.25) is 0 Å². The Bertz CT molecular complexity index is 1400. The van der Waals surface area contributed by atoms with Gasteiger partial charge in [-0.05, 0) is 60.5 Å². The number of nitrogens with zero attached hydrogens (tertiary/aromatic N) is 2. The molecule has 1 fully saturated rings. The minimum atomic E-state index is -3.77. The van der Waals surface area contributed by atoms with Crippen molar-refractivity contribution in [2.75, 3.05) is 18.6 Å². The average molecular weight is 480 g/mol. The van der Waals surface area contributed by atoms with Crippen LogP contribution in [0.3, 0.4) is 0 Å². The number of anilines is 1. The summed E-state index contributed by atoms with van der Waals surface area (Å²) in [4.78, 5) is 2.03. The number of nitrogens with two attached hydrogens (primary N) is 1. The zero-order valence-electron chi connectivity index (χ0n) is 18.4. The summed E-state index contributed by atoms with van der Waals surface area (Å²) >= 11 is 0. The number of allylic oxidation sites excluding steroid dienone is 1. The van der Waals surface area contributed by atoms with E-state index in [0.29, 0.717) is 13.0 Å². The van der Waals surface area contributed by atoms with Crippen LogP contribution in [-0.2, 0) is 10.0 Å². The lowest BCUT2D eigenvalue weighted by molar-refractivity contribution is 0.363. The molecule has 0 aliphatic carbocycles. The van der Waals surface area contributed by atoms with Gasteiger partial charge in [-0.1, -0.05) is 18.7 Å². The van der Waals surface area contributed by atoms with Crippen molar-refractivity contribution in [3.63, 3.8) is 0 Å². The molecule has 174 valence electrons. The monoisotopic (exact) mass is 479 g/mol. The second-order valence-electron chi connectivity index (χ2n) is 7.86. The van der Waals surface area contributed by atoms with E-state index < -0.39 is 15.8 Å². The van der Waals surface area contributed by atoms with Crippen LogP contribution in [-0.4, -0.2) is 22.1 Å². The topological polar surface area (TPSA) is 106 Å². The summed E-state index contributed by atoms with van der Waals surface area (Å²) in [6, 6.07) is 17.9. The fourth-order valence-corrected chi connectivity index (χ4v) is 4.48. The number of nitriles is 1. The van der Waals surface area contributed by atoms with Crippen LogP contribution in [0, 0.1) is 17.1 Å². The number of para-hydroxylation sites is 1. The lowest BCUT2D eigenvalue weighted by atomic mass is 9.96.